The van der Waals surface area contributed by atoms with Crippen molar-refractivity contribution in [2.24, 2.45) is 0 Å². The van der Waals surface area contributed by atoms with Gasteiger partial charge in [0.15, 0.2) is 0 Å². The van der Waals surface area contributed by atoms with Crippen LogP contribution in [-0.2, 0) is 0 Å². The minimum Gasteiger partial charge on any atom is -0.497 e. The minimum absolute atomic E-state index is 0.530. The first-order valence-corrected chi connectivity index (χ1v) is 4.60. The number of hydrogen-bond acceptors (Lipinski definition) is 2. The molecular weight excluding hydrogens is 176 g/mol. The molecule has 1 aromatic rings. The van der Waals surface area contributed by atoms with Crippen LogP contribution >= 0.6 is 0 Å². The Kier molecular flexibility index (Phi) is 4.03. The van der Waals surface area contributed by atoms with Gasteiger partial charge >= 0.3 is 0 Å². The van der Waals surface area contributed by atoms with Crippen molar-refractivity contribution in [3.8, 4) is 17.6 Å². The van der Waals surface area contributed by atoms with Crippen LogP contribution in [0.3, 0.4) is 0 Å². The van der Waals surface area contributed by atoms with Crippen LogP contribution in [0.5, 0.6) is 5.75 Å². The van der Waals surface area contributed by atoms with E-state index in [1.807, 2.05) is 31.2 Å². The van der Waals surface area contributed by atoms with Gasteiger partial charge in [0.2, 0.25) is 0 Å². The predicted molar refractivity (Wildman–Crippen MR) is 56.2 cm³/mol. The van der Waals surface area contributed by atoms with Gasteiger partial charge in [-0.25, -0.2) is 0 Å². The molecule has 0 aliphatic rings. The van der Waals surface area contributed by atoms with Crippen LogP contribution in [0.15, 0.2) is 24.3 Å². The molecule has 0 heterocycles. The molecule has 0 aliphatic carbocycles. The highest BCUT2D eigenvalue weighted by Crippen LogP contribution is 2.10. The van der Waals surface area contributed by atoms with Crippen LogP contribution in [0.2, 0.25) is 0 Å². The molecule has 0 radical (unpaired) electrons. The van der Waals surface area contributed by atoms with Crippen molar-refractivity contribution in [3.05, 3.63) is 29.8 Å². The topological polar surface area (TPSA) is 29.5 Å². The van der Waals surface area contributed by atoms with E-state index in [4.69, 9.17) is 4.74 Å². The normalized spacial score (nSPS) is 11.4. The van der Waals surface area contributed by atoms with E-state index in [1.165, 1.54) is 0 Å². The largest absolute Gasteiger partial charge is 0.497 e. The number of hydrogen-bond donors (Lipinski definition) is 1. The SMILES string of the molecule is CC[C@@H](O)C#Cc1ccc(OC)cc1. The number of rotatable bonds is 2. The molecule has 2 heteroatoms. The van der Waals surface area contributed by atoms with Crippen LogP contribution in [0, 0.1) is 11.8 Å². The molecule has 0 amide bonds. The van der Waals surface area contributed by atoms with Crippen molar-refractivity contribution in [1.29, 1.82) is 0 Å². The summed E-state index contributed by atoms with van der Waals surface area (Å²) in [5.74, 6) is 6.45. The summed E-state index contributed by atoms with van der Waals surface area (Å²) in [6.07, 6.45) is 0.125. The molecule has 0 unspecified atom stereocenters. The van der Waals surface area contributed by atoms with Crippen molar-refractivity contribution < 1.29 is 9.84 Å². The summed E-state index contributed by atoms with van der Waals surface area (Å²) in [4.78, 5) is 0. The molecular formula is C12H14O2. The van der Waals surface area contributed by atoms with Crippen LogP contribution in [0.4, 0.5) is 0 Å². The maximum Gasteiger partial charge on any atom is 0.118 e. The van der Waals surface area contributed by atoms with E-state index in [-0.39, 0.29) is 0 Å². The molecule has 0 spiro atoms. The lowest BCUT2D eigenvalue weighted by atomic mass is 10.2. The molecule has 0 saturated heterocycles. The highest BCUT2D eigenvalue weighted by molar-refractivity contribution is 5.38. The van der Waals surface area contributed by atoms with Crippen molar-refractivity contribution in [3.63, 3.8) is 0 Å². The summed E-state index contributed by atoms with van der Waals surface area (Å²) in [5.41, 5.74) is 0.887. The molecule has 14 heavy (non-hydrogen) atoms. The Balaban J connectivity index is 2.71. The zero-order chi connectivity index (χ0) is 10.4. The Morgan fingerprint density at radius 1 is 1.36 bits per heavy atom. The molecule has 1 N–H and O–H groups in total. The fourth-order valence-corrected chi connectivity index (χ4v) is 0.943. The molecule has 0 aliphatic heterocycles. The fraction of sp³-hybridized carbons (Fsp3) is 0.333. The summed E-state index contributed by atoms with van der Waals surface area (Å²) in [5, 5.41) is 9.22. The molecule has 1 rings (SSSR count). The van der Waals surface area contributed by atoms with E-state index in [0.717, 1.165) is 11.3 Å². The van der Waals surface area contributed by atoms with Crippen molar-refractivity contribution >= 4 is 0 Å². The van der Waals surface area contributed by atoms with Gasteiger partial charge in [-0.3, -0.25) is 0 Å². The maximum absolute atomic E-state index is 9.22. The van der Waals surface area contributed by atoms with Gasteiger partial charge in [0.25, 0.3) is 0 Å². The third kappa shape index (κ3) is 3.12. The van der Waals surface area contributed by atoms with E-state index >= 15 is 0 Å². The van der Waals surface area contributed by atoms with Crippen molar-refractivity contribution in [2.45, 2.75) is 19.4 Å². The number of benzene rings is 1. The third-order valence-corrected chi connectivity index (χ3v) is 1.86. The summed E-state index contributed by atoms with van der Waals surface area (Å²) in [7, 11) is 1.63. The molecule has 0 fully saturated rings. The second kappa shape index (κ2) is 5.31. The first-order chi connectivity index (χ1) is 6.76. The Morgan fingerprint density at radius 3 is 2.50 bits per heavy atom. The number of aliphatic hydroxyl groups excluding tert-OH is 1. The van der Waals surface area contributed by atoms with Gasteiger partial charge in [0, 0.05) is 5.56 Å². The zero-order valence-corrected chi connectivity index (χ0v) is 8.45. The lowest BCUT2D eigenvalue weighted by molar-refractivity contribution is 0.228. The van der Waals surface area contributed by atoms with Gasteiger partial charge in [-0.15, -0.1) is 0 Å². The summed E-state index contributed by atoms with van der Waals surface area (Å²) < 4.78 is 5.02. The number of ether oxygens (including phenoxy) is 1. The number of aliphatic hydroxyl groups is 1. The Morgan fingerprint density at radius 2 is 2.00 bits per heavy atom. The molecule has 74 valence electrons. The second-order valence-electron chi connectivity index (χ2n) is 2.92. The van der Waals surface area contributed by atoms with E-state index in [0.29, 0.717) is 6.42 Å². The minimum atomic E-state index is -0.530. The van der Waals surface area contributed by atoms with Gasteiger partial charge in [-0.2, -0.15) is 0 Å². The van der Waals surface area contributed by atoms with Crippen molar-refractivity contribution in [1.82, 2.24) is 0 Å². The average molecular weight is 190 g/mol. The summed E-state index contributed by atoms with van der Waals surface area (Å²) >= 11 is 0. The van der Waals surface area contributed by atoms with Crippen LogP contribution in [0.1, 0.15) is 18.9 Å². The predicted octanol–water partition coefficient (Wildman–Crippen LogP) is 1.82. The average Bonchev–Trinajstić information content (AvgIpc) is 2.26. The van der Waals surface area contributed by atoms with Gasteiger partial charge in [-0.1, -0.05) is 18.8 Å². The van der Waals surface area contributed by atoms with Crippen LogP contribution < -0.4 is 4.74 Å². The fourth-order valence-electron chi connectivity index (χ4n) is 0.943. The van der Waals surface area contributed by atoms with Crippen LogP contribution in [-0.4, -0.2) is 18.3 Å². The zero-order valence-electron chi connectivity index (χ0n) is 8.45. The highest BCUT2D eigenvalue weighted by Gasteiger charge is 1.92. The van der Waals surface area contributed by atoms with E-state index in [2.05, 4.69) is 11.8 Å². The van der Waals surface area contributed by atoms with Gasteiger partial charge < -0.3 is 9.84 Å². The first kappa shape index (κ1) is 10.6. The van der Waals surface area contributed by atoms with E-state index in [9.17, 15) is 5.11 Å². The standard InChI is InChI=1S/C12H14O2/c1-3-11(13)7-4-10-5-8-12(14-2)9-6-10/h5-6,8-9,11,13H,3H2,1-2H3/t11-/m1/s1. The lowest BCUT2D eigenvalue weighted by Crippen LogP contribution is -1.98. The molecule has 1 aromatic carbocycles. The summed E-state index contributed by atoms with van der Waals surface area (Å²) in [6, 6.07) is 7.44. The Bertz CT molecular complexity index is 330. The number of methoxy groups -OCH3 is 1. The second-order valence-corrected chi connectivity index (χ2v) is 2.92. The quantitative estimate of drug-likeness (QED) is 0.721. The smallest absolute Gasteiger partial charge is 0.118 e. The lowest BCUT2D eigenvalue weighted by Gasteiger charge is -1.98. The first-order valence-electron chi connectivity index (χ1n) is 4.60. The molecule has 0 bridgehead atoms. The maximum atomic E-state index is 9.22. The van der Waals surface area contributed by atoms with Gasteiger partial charge in [0.05, 0.1) is 7.11 Å². The molecule has 2 nitrogen and oxygen atoms in total. The summed E-state index contributed by atoms with van der Waals surface area (Å²) in [6.45, 7) is 1.90. The van der Waals surface area contributed by atoms with Crippen molar-refractivity contribution in [2.75, 3.05) is 7.11 Å². The van der Waals surface area contributed by atoms with Crippen LogP contribution in [0.25, 0.3) is 0 Å². The van der Waals surface area contributed by atoms with Gasteiger partial charge in [0.1, 0.15) is 11.9 Å². The molecule has 0 saturated carbocycles. The van der Waals surface area contributed by atoms with Gasteiger partial charge in [-0.05, 0) is 30.7 Å². The Labute approximate surface area is 84.5 Å². The third-order valence-electron chi connectivity index (χ3n) is 1.86. The molecule has 1 atom stereocenters. The highest BCUT2D eigenvalue weighted by atomic mass is 16.5. The van der Waals surface area contributed by atoms with E-state index < -0.39 is 6.10 Å². The van der Waals surface area contributed by atoms with E-state index in [1.54, 1.807) is 7.11 Å². The monoisotopic (exact) mass is 190 g/mol. The molecule has 0 aromatic heterocycles. The Hall–Kier alpha value is -1.46.